The third-order valence-electron chi connectivity index (χ3n) is 10.7. The molecule has 9 rings (SSSR count). The summed E-state index contributed by atoms with van der Waals surface area (Å²) < 4.78 is 14.5. The first-order valence-electron chi connectivity index (χ1n) is 19.2. The van der Waals surface area contributed by atoms with Gasteiger partial charge in [-0.1, -0.05) is 162 Å². The zero-order valence-corrected chi connectivity index (χ0v) is 33.8. The monoisotopic (exact) mass is 820 g/mol. The van der Waals surface area contributed by atoms with Gasteiger partial charge in [0.15, 0.2) is 34.9 Å². The largest absolute Gasteiger partial charge is 0.494 e. The highest BCUT2D eigenvalue weighted by Crippen LogP contribution is 2.40. The smallest absolute Gasteiger partial charge is 0.399 e. The quantitative estimate of drug-likeness (QED) is 0.133. The molecule has 1 saturated heterocycles. The van der Waals surface area contributed by atoms with Crippen LogP contribution in [0.25, 0.3) is 68.3 Å². The van der Waals surface area contributed by atoms with Crippen molar-refractivity contribution in [2.45, 2.75) is 38.4 Å². The maximum atomic E-state index is 6.85. The van der Waals surface area contributed by atoms with Crippen LogP contribution >= 0.6 is 15.9 Å². The molecule has 58 heavy (non-hydrogen) atoms. The molecule has 0 amide bonds. The molecule has 0 N–H and O–H groups in total. The van der Waals surface area contributed by atoms with Crippen LogP contribution in [0.4, 0.5) is 0 Å². The predicted octanol–water partition coefficient (Wildman–Crippen LogP) is 10.3. The zero-order chi connectivity index (χ0) is 39.7. The minimum Gasteiger partial charge on any atom is -0.399 e. The highest BCUT2D eigenvalue weighted by atomic mass is 79.9. The average Bonchev–Trinajstić information content (AvgIpc) is 3.51. The Hall–Kier alpha value is -6.20. The Bertz CT molecular complexity index is 2650. The molecule has 0 bridgehead atoms. The van der Waals surface area contributed by atoms with Gasteiger partial charge < -0.3 is 9.31 Å². The summed E-state index contributed by atoms with van der Waals surface area (Å²) in [4.78, 5) is 29.4. The number of benzene rings is 6. The molecule has 1 aliphatic rings. The van der Waals surface area contributed by atoms with Crippen LogP contribution in [0, 0.1) is 0 Å². The summed E-state index contributed by atoms with van der Waals surface area (Å²) in [7, 11) is -0.569. The van der Waals surface area contributed by atoms with Crippen molar-refractivity contribution in [3.05, 3.63) is 174 Å². The Kier molecular flexibility index (Phi) is 10.1. The molecule has 0 spiro atoms. The lowest BCUT2D eigenvalue weighted by Gasteiger charge is -2.36. The van der Waals surface area contributed by atoms with Gasteiger partial charge in [-0.05, 0) is 50.0 Å². The lowest BCUT2D eigenvalue weighted by Crippen LogP contribution is -2.46. The summed E-state index contributed by atoms with van der Waals surface area (Å²) in [6.07, 6.45) is 0.605. The summed E-state index contributed by atoms with van der Waals surface area (Å²) in [5, 5.41) is 0. The molecule has 1 unspecified atom stereocenters. The van der Waals surface area contributed by atoms with Crippen molar-refractivity contribution in [2.24, 2.45) is 0 Å². The maximum absolute atomic E-state index is 6.85. The number of aromatic nitrogens is 6. The van der Waals surface area contributed by atoms with E-state index >= 15 is 0 Å². The SMILES string of the molecule is CC1(C)OB(c2ccc(-c3nc(-c4ccccc4)nc(-c4ccccc4)n3)cc2)OC1(C)Cc1cccc(-c2nc(-c3ccccc3)nc(-c3ccc(Br)cc3)n2)c1. The van der Waals surface area contributed by atoms with Gasteiger partial charge in [0.05, 0.1) is 11.2 Å². The van der Waals surface area contributed by atoms with Crippen molar-refractivity contribution in [1.29, 1.82) is 0 Å². The van der Waals surface area contributed by atoms with E-state index in [0.717, 1.165) is 48.9 Å². The highest BCUT2D eigenvalue weighted by Gasteiger charge is 2.54. The second-order valence-corrected chi connectivity index (χ2v) is 15.9. The van der Waals surface area contributed by atoms with Crippen LogP contribution in [0.15, 0.2) is 168 Å². The molecule has 1 aliphatic heterocycles. The van der Waals surface area contributed by atoms with E-state index in [1.807, 2.05) is 152 Å². The van der Waals surface area contributed by atoms with E-state index in [1.165, 1.54) is 0 Å². The van der Waals surface area contributed by atoms with E-state index in [-0.39, 0.29) is 0 Å². The van der Waals surface area contributed by atoms with Crippen LogP contribution in [0.5, 0.6) is 0 Å². The Morgan fingerprint density at radius 1 is 0.431 bits per heavy atom. The number of halogens is 1. The van der Waals surface area contributed by atoms with Crippen LogP contribution in [0.3, 0.4) is 0 Å². The molecule has 3 heterocycles. The fourth-order valence-corrected chi connectivity index (χ4v) is 7.34. The average molecular weight is 822 g/mol. The summed E-state index contributed by atoms with van der Waals surface area (Å²) >= 11 is 3.54. The Morgan fingerprint density at radius 3 is 1.26 bits per heavy atom. The van der Waals surface area contributed by atoms with Crippen molar-refractivity contribution in [2.75, 3.05) is 0 Å². The molecule has 0 radical (unpaired) electrons. The zero-order valence-electron chi connectivity index (χ0n) is 32.3. The van der Waals surface area contributed by atoms with Gasteiger partial charge in [0.1, 0.15) is 0 Å². The Morgan fingerprint density at radius 2 is 0.810 bits per heavy atom. The minimum absolute atomic E-state index is 0.569. The fourth-order valence-electron chi connectivity index (χ4n) is 7.07. The molecule has 1 atom stereocenters. The van der Waals surface area contributed by atoms with Crippen LogP contribution in [-0.4, -0.2) is 48.2 Å². The van der Waals surface area contributed by atoms with Crippen molar-refractivity contribution in [1.82, 2.24) is 29.9 Å². The van der Waals surface area contributed by atoms with Gasteiger partial charge in [-0.3, -0.25) is 0 Å². The van der Waals surface area contributed by atoms with Crippen molar-refractivity contribution >= 4 is 28.5 Å². The molecule has 6 aromatic carbocycles. The van der Waals surface area contributed by atoms with Gasteiger partial charge in [0, 0.05) is 44.3 Å². The van der Waals surface area contributed by atoms with Crippen LogP contribution in [0.2, 0.25) is 0 Å². The maximum Gasteiger partial charge on any atom is 0.494 e. The highest BCUT2D eigenvalue weighted by molar-refractivity contribution is 9.10. The topological polar surface area (TPSA) is 95.8 Å². The van der Waals surface area contributed by atoms with Crippen molar-refractivity contribution in [3.63, 3.8) is 0 Å². The van der Waals surface area contributed by atoms with Crippen LogP contribution in [0.1, 0.15) is 26.3 Å². The summed E-state index contributed by atoms with van der Waals surface area (Å²) in [5.41, 5.74) is 6.17. The van der Waals surface area contributed by atoms with Crippen LogP contribution in [-0.2, 0) is 15.7 Å². The summed E-state index contributed by atoms with van der Waals surface area (Å²) in [6.45, 7) is 6.31. The predicted molar refractivity (Wildman–Crippen MR) is 234 cm³/mol. The van der Waals surface area contributed by atoms with Gasteiger partial charge in [0.25, 0.3) is 0 Å². The number of hydrogen-bond acceptors (Lipinski definition) is 8. The third kappa shape index (κ3) is 7.74. The number of rotatable bonds is 9. The molecule has 282 valence electrons. The van der Waals surface area contributed by atoms with Crippen molar-refractivity contribution < 1.29 is 9.31 Å². The van der Waals surface area contributed by atoms with E-state index in [0.29, 0.717) is 41.4 Å². The molecular weight excluding hydrogens is 783 g/mol. The molecule has 10 heteroatoms. The van der Waals surface area contributed by atoms with E-state index in [2.05, 4.69) is 48.8 Å². The van der Waals surface area contributed by atoms with Gasteiger partial charge in [-0.25, -0.2) is 29.9 Å². The first kappa shape index (κ1) is 37.4. The summed E-state index contributed by atoms with van der Waals surface area (Å²) in [6, 6.07) is 54.4. The van der Waals surface area contributed by atoms with Crippen LogP contribution < -0.4 is 5.46 Å². The lowest BCUT2D eigenvalue weighted by molar-refractivity contribution is -0.00876. The van der Waals surface area contributed by atoms with E-state index < -0.39 is 18.3 Å². The van der Waals surface area contributed by atoms with Gasteiger partial charge in [-0.2, -0.15) is 0 Å². The molecule has 8 nitrogen and oxygen atoms in total. The van der Waals surface area contributed by atoms with E-state index in [9.17, 15) is 0 Å². The Labute approximate surface area is 346 Å². The fraction of sp³-hybridized carbons (Fsp3) is 0.125. The first-order valence-corrected chi connectivity index (χ1v) is 20.0. The second kappa shape index (κ2) is 15.6. The van der Waals surface area contributed by atoms with E-state index in [1.54, 1.807) is 0 Å². The normalized spacial score (nSPS) is 16.0. The molecule has 0 aliphatic carbocycles. The first-order chi connectivity index (χ1) is 28.2. The van der Waals surface area contributed by atoms with E-state index in [4.69, 9.17) is 39.2 Å². The number of nitrogens with zero attached hydrogens (tertiary/aromatic N) is 6. The van der Waals surface area contributed by atoms with Gasteiger partial charge >= 0.3 is 7.12 Å². The minimum atomic E-state index is -0.658. The second-order valence-electron chi connectivity index (χ2n) is 15.0. The third-order valence-corrected chi connectivity index (χ3v) is 11.2. The number of hydrogen-bond donors (Lipinski definition) is 0. The molecule has 1 fully saturated rings. The summed E-state index contributed by atoms with van der Waals surface area (Å²) in [5.74, 6) is 3.66. The van der Waals surface area contributed by atoms with Gasteiger partial charge in [0.2, 0.25) is 0 Å². The van der Waals surface area contributed by atoms with Gasteiger partial charge in [-0.15, -0.1) is 0 Å². The molecule has 2 aromatic heterocycles. The Balaban J connectivity index is 0.983. The van der Waals surface area contributed by atoms with Crippen molar-refractivity contribution in [3.8, 4) is 68.3 Å². The molecule has 8 aromatic rings. The molecule has 0 saturated carbocycles. The standard InChI is InChI=1S/C48H38BBrN6O2/c1-47(2)48(3,31-32-14-13-21-38(30-32)46-55-43(35-19-11-6-12-20-35)54-45(56-46)37-24-28-40(50)29-25-37)58-49(57-47)39-26-22-36(23-27-39)44-52-41(33-15-7-4-8-16-33)51-42(53-44)34-17-9-5-10-18-34/h4-30H,31H2,1-3H3. The lowest BCUT2D eigenvalue weighted by atomic mass is 9.78. The molecular formula is C48H38BBrN6O2.